The monoisotopic (exact) mass is 465 g/mol. The highest BCUT2D eigenvalue weighted by Crippen LogP contribution is 2.57. The van der Waals surface area contributed by atoms with Crippen LogP contribution >= 0.6 is 31.6 Å². The molecule has 0 aliphatic carbocycles. The Hall–Kier alpha value is -0.660. The van der Waals surface area contributed by atoms with Gasteiger partial charge in [-0.2, -0.15) is 9.29 Å². The van der Waals surface area contributed by atoms with Gasteiger partial charge in [0.15, 0.2) is 0 Å². The Morgan fingerprint density at radius 2 is 2.08 bits per heavy atom. The second kappa shape index (κ2) is 7.53. The van der Waals surface area contributed by atoms with Gasteiger partial charge in [0, 0.05) is 12.6 Å². The SMILES string of the molecule is Nc1nc(=O)n([C@H]2C[C@H](O)[C@@H](COP(=O)(O)OP(=O)(O)O)O2)cc1Br. The molecule has 1 fully saturated rings. The Balaban J connectivity index is 2.05. The summed E-state index contributed by atoms with van der Waals surface area (Å²) in [6.07, 6.45) is -2.07. The Bertz CT molecular complexity index is 796. The van der Waals surface area contributed by atoms with Crippen molar-refractivity contribution in [3.05, 3.63) is 21.2 Å². The van der Waals surface area contributed by atoms with Crippen molar-refractivity contribution in [2.24, 2.45) is 0 Å². The summed E-state index contributed by atoms with van der Waals surface area (Å²) in [6, 6.07) is 0. The molecule has 1 aromatic heterocycles. The lowest BCUT2D eigenvalue weighted by Gasteiger charge is -2.18. The van der Waals surface area contributed by atoms with E-state index in [4.69, 9.17) is 20.3 Å². The second-order valence-electron chi connectivity index (χ2n) is 4.93. The number of aliphatic hydroxyl groups excluding tert-OH is 1. The third-order valence-electron chi connectivity index (χ3n) is 3.06. The van der Waals surface area contributed by atoms with Crippen LogP contribution < -0.4 is 11.4 Å². The van der Waals surface area contributed by atoms with Crippen molar-refractivity contribution in [3.63, 3.8) is 0 Å². The maximum absolute atomic E-state index is 11.8. The van der Waals surface area contributed by atoms with Crippen LogP contribution in [0.4, 0.5) is 5.82 Å². The summed E-state index contributed by atoms with van der Waals surface area (Å²) in [5.74, 6) is -0.0320. The fourth-order valence-corrected chi connectivity index (χ4v) is 3.93. The summed E-state index contributed by atoms with van der Waals surface area (Å²) in [5, 5.41) is 9.92. The zero-order valence-corrected chi connectivity index (χ0v) is 15.6. The van der Waals surface area contributed by atoms with Crippen LogP contribution in [-0.2, 0) is 22.7 Å². The summed E-state index contributed by atoms with van der Waals surface area (Å²) in [4.78, 5) is 41.6. The molecule has 13 nitrogen and oxygen atoms in total. The molecule has 4 atom stereocenters. The van der Waals surface area contributed by atoms with Gasteiger partial charge in [-0.1, -0.05) is 0 Å². The van der Waals surface area contributed by atoms with Crippen molar-refractivity contribution in [3.8, 4) is 0 Å². The van der Waals surface area contributed by atoms with E-state index >= 15 is 0 Å². The number of phosphoric acid groups is 2. The Labute approximate surface area is 148 Å². The highest BCUT2D eigenvalue weighted by Gasteiger charge is 2.39. The van der Waals surface area contributed by atoms with Gasteiger partial charge in [0.2, 0.25) is 0 Å². The first-order valence-electron chi connectivity index (χ1n) is 6.50. The Kier molecular flexibility index (Phi) is 6.22. The summed E-state index contributed by atoms with van der Waals surface area (Å²) in [6.45, 7) is -0.718. The second-order valence-corrected chi connectivity index (χ2v) is 8.62. The van der Waals surface area contributed by atoms with Crippen molar-refractivity contribution < 1.29 is 42.5 Å². The minimum atomic E-state index is -5.25. The third kappa shape index (κ3) is 5.66. The summed E-state index contributed by atoms with van der Waals surface area (Å²) in [7, 11) is -10.3. The van der Waals surface area contributed by atoms with Gasteiger partial charge < -0.3 is 30.3 Å². The van der Waals surface area contributed by atoms with E-state index < -0.39 is 46.4 Å². The smallest absolute Gasteiger partial charge is 0.390 e. The van der Waals surface area contributed by atoms with Crippen molar-refractivity contribution in [1.82, 2.24) is 9.55 Å². The van der Waals surface area contributed by atoms with Crippen molar-refractivity contribution in [2.45, 2.75) is 24.9 Å². The van der Waals surface area contributed by atoms with Crippen LogP contribution in [0.1, 0.15) is 12.6 Å². The Morgan fingerprint density at radius 1 is 1.44 bits per heavy atom. The molecule has 1 aliphatic rings. The average Bonchev–Trinajstić information content (AvgIpc) is 2.79. The zero-order chi connectivity index (χ0) is 19.0. The number of aromatic nitrogens is 2. The minimum Gasteiger partial charge on any atom is -0.390 e. The summed E-state index contributed by atoms with van der Waals surface area (Å²) < 4.78 is 36.7. The average molecular weight is 466 g/mol. The zero-order valence-electron chi connectivity index (χ0n) is 12.2. The molecule has 1 aromatic rings. The number of nitrogens with zero attached hydrogens (tertiary/aromatic N) is 2. The minimum absolute atomic E-state index is 0.0320. The summed E-state index contributed by atoms with van der Waals surface area (Å²) >= 11 is 3.09. The first kappa shape index (κ1) is 20.6. The molecule has 2 heterocycles. The lowest BCUT2D eigenvalue weighted by atomic mass is 10.2. The number of anilines is 1. The lowest BCUT2D eigenvalue weighted by Crippen LogP contribution is -2.28. The lowest BCUT2D eigenvalue weighted by molar-refractivity contribution is -0.0450. The normalized spacial score (nSPS) is 26.5. The predicted octanol–water partition coefficient (Wildman–Crippen LogP) is -0.537. The largest absolute Gasteiger partial charge is 0.481 e. The van der Waals surface area contributed by atoms with E-state index in [2.05, 4.69) is 29.7 Å². The number of hydrogen-bond donors (Lipinski definition) is 5. The standard InChI is InChI=1S/C9H14BrN3O10P2/c10-4-2-13(9(15)12-8(4)11)7-1-5(14)6(22-7)3-21-25(19,20)23-24(16,17)18/h2,5-7,14H,1,3H2,(H,19,20)(H2,11,12,15)(H2,16,17,18)/t5-,6+,7+/m0/s1. The summed E-state index contributed by atoms with van der Waals surface area (Å²) in [5.41, 5.74) is 4.73. The van der Waals surface area contributed by atoms with Gasteiger partial charge in [-0.05, 0) is 15.9 Å². The molecule has 2 rings (SSSR count). The van der Waals surface area contributed by atoms with E-state index in [0.717, 1.165) is 4.57 Å². The topological polar surface area (TPSA) is 204 Å². The number of ether oxygens (including phenoxy) is 1. The first-order chi connectivity index (χ1) is 11.4. The quantitative estimate of drug-likeness (QED) is 0.336. The number of nitrogen functional groups attached to an aromatic ring is 1. The van der Waals surface area contributed by atoms with Crippen molar-refractivity contribution in [2.75, 3.05) is 12.3 Å². The van der Waals surface area contributed by atoms with Crippen LogP contribution in [0, 0.1) is 0 Å². The van der Waals surface area contributed by atoms with Crippen LogP contribution in [0.15, 0.2) is 15.5 Å². The van der Waals surface area contributed by atoms with Gasteiger partial charge in [-0.3, -0.25) is 9.09 Å². The van der Waals surface area contributed by atoms with Crippen molar-refractivity contribution >= 4 is 37.4 Å². The van der Waals surface area contributed by atoms with Gasteiger partial charge >= 0.3 is 21.3 Å². The molecule has 1 unspecified atom stereocenters. The Morgan fingerprint density at radius 3 is 2.68 bits per heavy atom. The number of halogens is 1. The highest BCUT2D eigenvalue weighted by atomic mass is 79.9. The van der Waals surface area contributed by atoms with Crippen molar-refractivity contribution in [1.29, 1.82) is 0 Å². The van der Waals surface area contributed by atoms with Crippen LogP contribution in [-0.4, -0.2) is 48.2 Å². The van der Waals surface area contributed by atoms with Gasteiger partial charge in [0.25, 0.3) is 0 Å². The van der Waals surface area contributed by atoms with Crippen LogP contribution in [0.2, 0.25) is 0 Å². The molecule has 142 valence electrons. The number of hydrogen-bond acceptors (Lipinski definition) is 9. The molecule has 25 heavy (non-hydrogen) atoms. The number of phosphoric ester groups is 1. The molecule has 1 aliphatic heterocycles. The molecule has 0 saturated carbocycles. The molecule has 6 N–H and O–H groups in total. The van der Waals surface area contributed by atoms with E-state index in [0.29, 0.717) is 4.47 Å². The number of nitrogens with two attached hydrogens (primary N) is 1. The molecule has 0 spiro atoms. The highest BCUT2D eigenvalue weighted by molar-refractivity contribution is 9.10. The van der Waals surface area contributed by atoms with Gasteiger partial charge in [0.1, 0.15) is 18.1 Å². The maximum Gasteiger partial charge on any atom is 0.481 e. The van der Waals surface area contributed by atoms with Gasteiger partial charge in [0.05, 0.1) is 17.2 Å². The molecule has 0 radical (unpaired) electrons. The van der Waals surface area contributed by atoms with E-state index in [1.54, 1.807) is 0 Å². The molecule has 0 amide bonds. The molecular weight excluding hydrogens is 452 g/mol. The predicted molar refractivity (Wildman–Crippen MR) is 84.0 cm³/mol. The third-order valence-corrected chi connectivity index (χ3v) is 5.82. The fraction of sp³-hybridized carbons (Fsp3) is 0.556. The van der Waals surface area contributed by atoms with E-state index in [1.807, 2.05) is 0 Å². The molecular formula is C9H14BrN3O10P2. The van der Waals surface area contributed by atoms with Gasteiger partial charge in [-0.15, -0.1) is 0 Å². The van der Waals surface area contributed by atoms with Gasteiger partial charge in [-0.25, -0.2) is 13.9 Å². The first-order valence-corrected chi connectivity index (χ1v) is 10.3. The van der Waals surface area contributed by atoms with E-state index in [-0.39, 0.29) is 12.2 Å². The maximum atomic E-state index is 11.8. The van der Waals surface area contributed by atoms with E-state index in [1.165, 1.54) is 6.20 Å². The van der Waals surface area contributed by atoms with E-state index in [9.17, 15) is 23.9 Å². The number of rotatable bonds is 6. The fourth-order valence-electron chi connectivity index (χ4n) is 2.03. The van der Waals surface area contributed by atoms with Crippen LogP contribution in [0.3, 0.4) is 0 Å². The van der Waals surface area contributed by atoms with Crippen LogP contribution in [0.5, 0.6) is 0 Å². The molecule has 16 heteroatoms. The molecule has 0 bridgehead atoms. The van der Waals surface area contributed by atoms with Crippen LogP contribution in [0.25, 0.3) is 0 Å². The molecule has 1 saturated heterocycles. The number of aliphatic hydroxyl groups is 1. The molecule has 0 aromatic carbocycles.